The molecule has 4 nitrogen and oxygen atoms in total. The topological polar surface area (TPSA) is 77.8 Å². The maximum atomic E-state index is 12.8. The van der Waals surface area contributed by atoms with Gasteiger partial charge in [0.1, 0.15) is 0 Å². The minimum absolute atomic E-state index is 0.00383. The van der Waals surface area contributed by atoms with Crippen LogP contribution < -0.4 is 0 Å². The number of hydrogen-bond acceptors (Lipinski definition) is 4. The molecule has 38 heavy (non-hydrogen) atoms. The third-order valence-electron chi connectivity index (χ3n) is 11.9. The molecule has 0 bridgehead atoms. The fourth-order valence-electron chi connectivity index (χ4n) is 9.91. The highest BCUT2D eigenvalue weighted by Crippen LogP contribution is 2.75. The van der Waals surface area contributed by atoms with Crippen LogP contribution in [0.3, 0.4) is 0 Å². The van der Waals surface area contributed by atoms with Gasteiger partial charge in [0.2, 0.25) is 0 Å². The Kier molecular flexibility index (Phi) is 8.74. The summed E-state index contributed by atoms with van der Waals surface area (Å²) in [5.41, 5.74) is 2.73. The van der Waals surface area contributed by atoms with Crippen LogP contribution in [-0.2, 0) is 4.79 Å². The molecule has 6 heteroatoms. The summed E-state index contributed by atoms with van der Waals surface area (Å²) in [7, 11) is 0. The van der Waals surface area contributed by atoms with Gasteiger partial charge in [-0.3, -0.25) is 0 Å². The summed E-state index contributed by atoms with van der Waals surface area (Å²) in [6.45, 7) is 18.0. The van der Waals surface area contributed by atoms with Crippen LogP contribution in [0.2, 0.25) is 0 Å². The minimum atomic E-state index is -0.791. The second-order valence-electron chi connectivity index (χ2n) is 14.3. The molecule has 3 unspecified atom stereocenters. The van der Waals surface area contributed by atoms with Crippen molar-refractivity contribution in [3.8, 4) is 0 Å². The van der Waals surface area contributed by atoms with Gasteiger partial charge in [0, 0.05) is 10.8 Å². The number of rotatable bonds is 6. The third kappa shape index (κ3) is 4.79. The number of thioether (sulfide) groups is 1. The number of halogens is 1. The molecule has 0 aromatic heterocycles. The second kappa shape index (κ2) is 10.8. The van der Waals surface area contributed by atoms with Gasteiger partial charge < -0.3 is 15.3 Å². The van der Waals surface area contributed by atoms with Crippen LogP contribution >= 0.6 is 27.7 Å². The zero-order valence-electron chi connectivity index (χ0n) is 24.8. The Hall–Kier alpha value is -0.300. The first-order valence-electron chi connectivity index (χ1n) is 14.9. The summed E-state index contributed by atoms with van der Waals surface area (Å²) in [5, 5.41) is 33.9. The molecule has 10 atom stereocenters. The first-order valence-corrected chi connectivity index (χ1v) is 16.6. The number of carbonyl (C=O) groups is 1. The number of carboxylic acids is 1. The summed E-state index contributed by atoms with van der Waals surface area (Å²) in [4.78, 5) is 12.8. The first-order chi connectivity index (χ1) is 17.6. The van der Waals surface area contributed by atoms with Gasteiger partial charge in [-0.25, -0.2) is 4.79 Å². The molecule has 0 spiro atoms. The fourth-order valence-corrected chi connectivity index (χ4v) is 11.7. The lowest BCUT2D eigenvalue weighted by molar-refractivity contribution is -0.233. The minimum Gasteiger partial charge on any atom is -0.478 e. The zero-order valence-corrected chi connectivity index (χ0v) is 27.2. The van der Waals surface area contributed by atoms with Gasteiger partial charge in [-0.15, -0.1) is 0 Å². The van der Waals surface area contributed by atoms with Crippen LogP contribution in [0.5, 0.6) is 0 Å². The summed E-state index contributed by atoms with van der Waals surface area (Å²) in [5.74, 6) is 0.138. The van der Waals surface area contributed by atoms with E-state index < -0.39 is 12.1 Å². The molecule has 0 saturated heterocycles. The van der Waals surface area contributed by atoms with E-state index in [-0.39, 0.29) is 45.4 Å². The quantitative estimate of drug-likeness (QED) is 0.266. The Balaban J connectivity index is 1.82. The Morgan fingerprint density at radius 2 is 1.71 bits per heavy atom. The van der Waals surface area contributed by atoms with Gasteiger partial charge in [-0.05, 0) is 120 Å². The Labute approximate surface area is 243 Å². The number of aliphatic hydroxyl groups excluding tert-OH is 2. The smallest absolute Gasteiger partial charge is 0.331 e. The molecule has 216 valence electrons. The SMILES string of the molecule is CC(C)=C(Br)CC/C(C(=O)O)=C1\C2C[C@@H](O)C3[C@@]4(C)CC[C@@H](O)[C@@H](C)C4CC[C@]3(C)[C@@]2(C)C[C@@H]1SC(C)C. The monoisotopic (exact) mass is 610 g/mol. The number of aliphatic hydroxyl groups is 2. The lowest BCUT2D eigenvalue weighted by atomic mass is 9.36. The van der Waals surface area contributed by atoms with E-state index in [1.807, 2.05) is 11.8 Å². The molecule has 0 aliphatic heterocycles. The van der Waals surface area contributed by atoms with Gasteiger partial charge >= 0.3 is 5.97 Å². The molecule has 4 rings (SSSR count). The normalized spacial score (nSPS) is 45.7. The summed E-state index contributed by atoms with van der Waals surface area (Å²) in [6, 6.07) is 0. The maximum absolute atomic E-state index is 12.8. The van der Waals surface area contributed by atoms with E-state index in [0.717, 1.165) is 42.2 Å². The Morgan fingerprint density at radius 1 is 1.05 bits per heavy atom. The third-order valence-corrected chi connectivity index (χ3v) is 14.4. The maximum Gasteiger partial charge on any atom is 0.331 e. The average Bonchev–Trinajstić information content (AvgIpc) is 3.08. The molecule has 4 saturated carbocycles. The van der Waals surface area contributed by atoms with Crippen molar-refractivity contribution in [3.05, 3.63) is 21.2 Å². The molecule has 4 aliphatic carbocycles. The van der Waals surface area contributed by atoms with Crippen molar-refractivity contribution >= 4 is 33.7 Å². The fraction of sp³-hybridized carbons (Fsp3) is 0.844. The highest BCUT2D eigenvalue weighted by Gasteiger charge is 2.70. The van der Waals surface area contributed by atoms with Crippen LogP contribution in [0.4, 0.5) is 0 Å². The van der Waals surface area contributed by atoms with Crippen molar-refractivity contribution in [3.63, 3.8) is 0 Å². The summed E-state index contributed by atoms with van der Waals surface area (Å²) in [6.07, 6.45) is 6.04. The number of hydrogen-bond donors (Lipinski definition) is 3. The number of allylic oxidation sites excluding steroid dienone is 2. The summed E-state index contributed by atoms with van der Waals surface area (Å²) < 4.78 is 1.08. The second-order valence-corrected chi connectivity index (χ2v) is 17.0. The lowest BCUT2D eigenvalue weighted by Crippen LogP contribution is -2.65. The van der Waals surface area contributed by atoms with Crippen molar-refractivity contribution in [1.82, 2.24) is 0 Å². The van der Waals surface area contributed by atoms with Gasteiger partial charge in [0.05, 0.1) is 12.2 Å². The number of aliphatic carboxylic acids is 1. The molecule has 0 radical (unpaired) electrons. The van der Waals surface area contributed by atoms with Crippen LogP contribution in [0.1, 0.15) is 107 Å². The van der Waals surface area contributed by atoms with Crippen molar-refractivity contribution in [2.45, 2.75) is 129 Å². The first kappa shape index (κ1) is 30.7. The van der Waals surface area contributed by atoms with Crippen molar-refractivity contribution in [2.24, 2.45) is 39.9 Å². The average molecular weight is 612 g/mol. The Bertz CT molecular complexity index is 1000. The van der Waals surface area contributed by atoms with Crippen LogP contribution in [0.25, 0.3) is 0 Å². The van der Waals surface area contributed by atoms with E-state index in [1.54, 1.807) is 0 Å². The molecule has 0 heterocycles. The van der Waals surface area contributed by atoms with E-state index >= 15 is 0 Å². The van der Waals surface area contributed by atoms with E-state index in [2.05, 4.69) is 71.3 Å². The molecule has 0 aromatic carbocycles. The largest absolute Gasteiger partial charge is 0.478 e. The molecule has 3 N–H and O–H groups in total. The molecule has 0 amide bonds. The van der Waals surface area contributed by atoms with E-state index in [4.69, 9.17) is 0 Å². The standard InChI is InChI=1S/C32H51BrO4S/c1-17(2)23(33)10-9-20(29(36)37)27-22-15-25(35)28-30(6)13-12-24(34)19(5)21(30)11-14-31(28,7)32(22,8)16-26(27)38-18(3)4/h18-19,21-22,24-26,28,34-35H,9-16H2,1-8H3,(H,36,37)/b27-20-/t19-,21?,22?,24+,25+,26-,28?,30-,31-,32-/m0/s1. The molecular formula is C32H51BrO4S. The van der Waals surface area contributed by atoms with Gasteiger partial charge in [-0.2, -0.15) is 11.8 Å². The van der Waals surface area contributed by atoms with Gasteiger partial charge in [-0.1, -0.05) is 63.0 Å². The van der Waals surface area contributed by atoms with Crippen LogP contribution in [0, 0.1) is 39.9 Å². The van der Waals surface area contributed by atoms with Gasteiger partial charge in [0.25, 0.3) is 0 Å². The van der Waals surface area contributed by atoms with E-state index in [0.29, 0.717) is 36.0 Å². The zero-order chi connectivity index (χ0) is 28.4. The van der Waals surface area contributed by atoms with Crippen LogP contribution in [-0.4, -0.2) is 44.0 Å². The molecular weight excluding hydrogens is 560 g/mol. The van der Waals surface area contributed by atoms with Crippen molar-refractivity contribution < 1.29 is 20.1 Å². The van der Waals surface area contributed by atoms with Crippen molar-refractivity contribution in [2.75, 3.05) is 0 Å². The van der Waals surface area contributed by atoms with E-state index in [9.17, 15) is 20.1 Å². The van der Waals surface area contributed by atoms with Crippen molar-refractivity contribution in [1.29, 1.82) is 0 Å². The number of carboxylic acid groups (broad SMARTS) is 1. The van der Waals surface area contributed by atoms with Crippen LogP contribution in [0.15, 0.2) is 21.2 Å². The molecule has 0 aromatic rings. The predicted molar refractivity (Wildman–Crippen MR) is 161 cm³/mol. The molecule has 4 fully saturated rings. The highest BCUT2D eigenvalue weighted by molar-refractivity contribution is 9.11. The predicted octanol–water partition coefficient (Wildman–Crippen LogP) is 7.97. The number of fused-ring (bicyclic) bond motifs is 5. The van der Waals surface area contributed by atoms with E-state index in [1.165, 1.54) is 5.57 Å². The highest BCUT2D eigenvalue weighted by atomic mass is 79.9. The van der Waals surface area contributed by atoms with Gasteiger partial charge in [0.15, 0.2) is 0 Å². The Morgan fingerprint density at radius 3 is 2.29 bits per heavy atom. The lowest BCUT2D eigenvalue weighted by Gasteiger charge is -2.69. The summed E-state index contributed by atoms with van der Waals surface area (Å²) >= 11 is 5.60. The molecule has 4 aliphatic rings.